The zero-order valence-corrected chi connectivity index (χ0v) is 12.5. The molecule has 0 N–H and O–H groups in total. The van der Waals surface area contributed by atoms with Gasteiger partial charge in [-0.25, -0.2) is 0 Å². The van der Waals surface area contributed by atoms with Gasteiger partial charge in [-0.15, -0.1) is 11.3 Å². The highest BCUT2D eigenvalue weighted by Gasteiger charge is 2.31. The highest BCUT2D eigenvalue weighted by Crippen LogP contribution is 2.29. The Morgan fingerprint density at radius 2 is 2.36 bits per heavy atom. The van der Waals surface area contributed by atoms with E-state index in [1.807, 2.05) is 17.5 Å². The van der Waals surface area contributed by atoms with Gasteiger partial charge in [-0.2, -0.15) is 4.98 Å². The molecule has 7 heteroatoms. The Labute approximate surface area is 130 Å². The lowest BCUT2D eigenvalue weighted by molar-refractivity contribution is 0.0789. The third kappa shape index (κ3) is 2.33. The van der Waals surface area contributed by atoms with Crippen LogP contribution in [0, 0.1) is 0 Å². The normalized spacial score (nSPS) is 18.0. The van der Waals surface area contributed by atoms with Crippen molar-refractivity contribution in [3.8, 4) is 10.8 Å². The van der Waals surface area contributed by atoms with Crippen LogP contribution in [-0.2, 0) is 0 Å². The summed E-state index contributed by atoms with van der Waals surface area (Å²) in [6.45, 7) is 1.30. The van der Waals surface area contributed by atoms with Gasteiger partial charge >= 0.3 is 0 Å². The molecule has 1 aliphatic heterocycles. The average Bonchev–Trinajstić information content (AvgIpc) is 3.35. The van der Waals surface area contributed by atoms with E-state index < -0.39 is 0 Å². The molecule has 0 aliphatic carbocycles. The lowest BCUT2D eigenvalue weighted by Gasteiger charge is -2.14. The molecule has 0 aromatic carbocycles. The molecule has 1 amide bonds. The number of nitrogens with zero attached hydrogens (tertiary/aromatic N) is 3. The first-order valence-corrected chi connectivity index (χ1v) is 7.88. The molecule has 3 aromatic heterocycles. The Morgan fingerprint density at radius 3 is 3.14 bits per heavy atom. The molecule has 1 fully saturated rings. The average molecular weight is 315 g/mol. The summed E-state index contributed by atoms with van der Waals surface area (Å²) in [4.78, 5) is 19.5. The second-order valence-electron chi connectivity index (χ2n) is 5.18. The van der Waals surface area contributed by atoms with Gasteiger partial charge in [0, 0.05) is 19.0 Å². The molecule has 0 unspecified atom stereocenters. The first kappa shape index (κ1) is 13.3. The molecular formula is C15H13N3O3S. The van der Waals surface area contributed by atoms with Crippen LogP contribution in [0.1, 0.15) is 28.5 Å². The number of aromatic nitrogens is 2. The van der Waals surface area contributed by atoms with E-state index in [-0.39, 0.29) is 11.8 Å². The molecule has 6 nitrogen and oxygen atoms in total. The SMILES string of the molecule is O=C(c1ccoc1)N1CC[C@H](c2noc(-c3cccs3)n2)C1. The zero-order valence-electron chi connectivity index (χ0n) is 11.6. The number of amides is 1. The molecule has 22 heavy (non-hydrogen) atoms. The number of furan rings is 1. The Hall–Kier alpha value is -2.41. The van der Waals surface area contributed by atoms with E-state index in [1.165, 1.54) is 12.5 Å². The monoisotopic (exact) mass is 315 g/mol. The van der Waals surface area contributed by atoms with Crippen molar-refractivity contribution in [3.05, 3.63) is 47.5 Å². The van der Waals surface area contributed by atoms with Crippen molar-refractivity contribution in [2.45, 2.75) is 12.3 Å². The van der Waals surface area contributed by atoms with Crippen molar-refractivity contribution in [1.82, 2.24) is 15.0 Å². The fourth-order valence-corrected chi connectivity index (χ4v) is 3.27. The van der Waals surface area contributed by atoms with Gasteiger partial charge in [0.05, 0.1) is 16.7 Å². The van der Waals surface area contributed by atoms with E-state index in [0.29, 0.717) is 30.4 Å². The Kier molecular flexibility index (Phi) is 3.27. The van der Waals surface area contributed by atoms with Crippen LogP contribution in [0.15, 0.2) is 45.0 Å². The molecule has 112 valence electrons. The molecule has 0 spiro atoms. The molecule has 4 rings (SSSR count). The van der Waals surface area contributed by atoms with Crippen molar-refractivity contribution in [1.29, 1.82) is 0 Å². The van der Waals surface area contributed by atoms with Gasteiger partial charge in [-0.05, 0) is 23.9 Å². The lowest BCUT2D eigenvalue weighted by atomic mass is 10.1. The van der Waals surface area contributed by atoms with Gasteiger partial charge in [-0.1, -0.05) is 11.2 Å². The predicted molar refractivity (Wildman–Crippen MR) is 79.6 cm³/mol. The number of hydrogen-bond donors (Lipinski definition) is 0. The summed E-state index contributed by atoms with van der Waals surface area (Å²) in [6.07, 6.45) is 3.82. The van der Waals surface area contributed by atoms with E-state index >= 15 is 0 Å². The summed E-state index contributed by atoms with van der Waals surface area (Å²) in [5.74, 6) is 1.32. The second kappa shape index (κ2) is 5.42. The molecular weight excluding hydrogens is 302 g/mol. The summed E-state index contributed by atoms with van der Waals surface area (Å²) in [5, 5.41) is 6.05. The maximum atomic E-state index is 12.3. The quantitative estimate of drug-likeness (QED) is 0.743. The molecule has 1 atom stereocenters. The second-order valence-corrected chi connectivity index (χ2v) is 6.13. The van der Waals surface area contributed by atoms with Crippen LogP contribution < -0.4 is 0 Å². The molecule has 4 heterocycles. The molecule has 3 aromatic rings. The maximum absolute atomic E-state index is 12.3. The van der Waals surface area contributed by atoms with Crippen LogP contribution in [0.4, 0.5) is 0 Å². The zero-order chi connectivity index (χ0) is 14.9. The van der Waals surface area contributed by atoms with Crippen molar-refractivity contribution < 1.29 is 13.7 Å². The minimum Gasteiger partial charge on any atom is -0.472 e. The largest absolute Gasteiger partial charge is 0.472 e. The number of carbonyl (C=O) groups excluding carboxylic acids is 1. The van der Waals surface area contributed by atoms with Gasteiger partial charge in [0.25, 0.3) is 11.8 Å². The number of carbonyl (C=O) groups is 1. The Bertz CT molecular complexity index is 764. The smallest absolute Gasteiger partial charge is 0.267 e. The van der Waals surface area contributed by atoms with Crippen molar-refractivity contribution >= 4 is 17.2 Å². The molecule has 0 saturated carbocycles. The van der Waals surface area contributed by atoms with Gasteiger partial charge < -0.3 is 13.8 Å². The fourth-order valence-electron chi connectivity index (χ4n) is 2.63. The first-order valence-electron chi connectivity index (χ1n) is 7.00. The lowest BCUT2D eigenvalue weighted by Crippen LogP contribution is -2.28. The van der Waals surface area contributed by atoms with Crippen LogP contribution in [-0.4, -0.2) is 34.0 Å². The molecule has 0 radical (unpaired) electrons. The summed E-state index contributed by atoms with van der Waals surface area (Å²) < 4.78 is 10.3. The molecule has 0 bridgehead atoms. The fraction of sp³-hybridized carbons (Fsp3) is 0.267. The number of hydrogen-bond acceptors (Lipinski definition) is 6. The van der Waals surface area contributed by atoms with Crippen molar-refractivity contribution in [3.63, 3.8) is 0 Å². The van der Waals surface area contributed by atoms with Crippen molar-refractivity contribution in [2.75, 3.05) is 13.1 Å². The highest BCUT2D eigenvalue weighted by atomic mass is 32.1. The predicted octanol–water partition coefficient (Wildman–Crippen LogP) is 3.02. The first-order chi connectivity index (χ1) is 10.8. The highest BCUT2D eigenvalue weighted by molar-refractivity contribution is 7.13. The summed E-state index contributed by atoms with van der Waals surface area (Å²) >= 11 is 1.56. The van der Waals surface area contributed by atoms with Crippen LogP contribution in [0.25, 0.3) is 10.8 Å². The van der Waals surface area contributed by atoms with E-state index in [2.05, 4.69) is 10.1 Å². The maximum Gasteiger partial charge on any atom is 0.267 e. The molecule has 1 saturated heterocycles. The number of thiophene rings is 1. The third-order valence-corrected chi connectivity index (χ3v) is 4.64. The summed E-state index contributed by atoms with van der Waals surface area (Å²) in [7, 11) is 0. The number of rotatable bonds is 3. The van der Waals surface area contributed by atoms with Crippen LogP contribution >= 0.6 is 11.3 Å². The van der Waals surface area contributed by atoms with E-state index in [9.17, 15) is 4.79 Å². The third-order valence-electron chi connectivity index (χ3n) is 3.78. The minimum absolute atomic E-state index is 0.0155. The summed E-state index contributed by atoms with van der Waals surface area (Å²) in [6, 6.07) is 5.58. The Morgan fingerprint density at radius 1 is 1.41 bits per heavy atom. The van der Waals surface area contributed by atoms with Crippen LogP contribution in [0.3, 0.4) is 0 Å². The van der Waals surface area contributed by atoms with Crippen LogP contribution in [0.5, 0.6) is 0 Å². The Balaban J connectivity index is 1.48. The molecule has 1 aliphatic rings. The summed E-state index contributed by atoms with van der Waals surface area (Å²) in [5.41, 5.74) is 0.577. The van der Waals surface area contributed by atoms with Crippen molar-refractivity contribution in [2.24, 2.45) is 0 Å². The van der Waals surface area contributed by atoms with Crippen LogP contribution in [0.2, 0.25) is 0 Å². The van der Waals surface area contributed by atoms with Gasteiger partial charge in [0.1, 0.15) is 6.26 Å². The van der Waals surface area contributed by atoms with Gasteiger partial charge in [0.2, 0.25) is 0 Å². The van der Waals surface area contributed by atoms with Gasteiger partial charge in [-0.3, -0.25) is 4.79 Å². The number of likely N-dealkylation sites (tertiary alicyclic amines) is 1. The topological polar surface area (TPSA) is 72.4 Å². The van der Waals surface area contributed by atoms with E-state index in [0.717, 1.165) is 11.3 Å². The standard InChI is InChI=1S/C15H13N3O3S/c19-15(11-4-6-20-9-11)18-5-3-10(8-18)13-16-14(21-17-13)12-2-1-7-22-12/h1-2,4,6-7,9-10H,3,5,8H2/t10-/m0/s1. The van der Waals surface area contributed by atoms with E-state index in [4.69, 9.17) is 8.94 Å². The minimum atomic E-state index is -0.0155. The van der Waals surface area contributed by atoms with Gasteiger partial charge in [0.15, 0.2) is 5.82 Å². The van der Waals surface area contributed by atoms with E-state index in [1.54, 1.807) is 22.3 Å².